The molecule has 0 radical (unpaired) electrons. The maximum atomic E-state index is 11.5. The second-order valence-electron chi connectivity index (χ2n) is 7.01. The molecule has 0 N–H and O–H groups in total. The van der Waals surface area contributed by atoms with Gasteiger partial charge in [-0.25, -0.2) is 0 Å². The Hall–Kier alpha value is -2.59. The third kappa shape index (κ3) is 5.60. The van der Waals surface area contributed by atoms with Gasteiger partial charge in [0.05, 0.1) is 13.2 Å². The summed E-state index contributed by atoms with van der Waals surface area (Å²) < 4.78 is 14.0. The predicted molar refractivity (Wildman–Crippen MR) is 128 cm³/mol. The van der Waals surface area contributed by atoms with Crippen molar-refractivity contribution in [3.8, 4) is 17.2 Å². The maximum absolute atomic E-state index is 11.5. The van der Waals surface area contributed by atoms with Crippen molar-refractivity contribution in [3.63, 3.8) is 0 Å². The molecule has 3 aromatic rings. The number of rotatable bonds is 10. The molecule has 1 atom stereocenters. The molecule has 0 aliphatic rings. The molecular weight excluding hydrogens is 496 g/mol. The second-order valence-corrected chi connectivity index (χ2v) is 9.04. The van der Waals surface area contributed by atoms with E-state index in [4.69, 9.17) is 9.47 Å². The van der Waals surface area contributed by atoms with E-state index in [0.717, 1.165) is 16.8 Å². The van der Waals surface area contributed by atoms with Gasteiger partial charge in [0, 0.05) is 15.1 Å². The summed E-state index contributed by atoms with van der Waals surface area (Å²) >= 11 is 4.87. The molecule has 8 nitrogen and oxygen atoms in total. The largest absolute Gasteiger partial charge is 0.490 e. The number of nitro groups is 1. The molecule has 0 bridgehead atoms. The molecule has 2 aromatic carbocycles. The van der Waals surface area contributed by atoms with Crippen LogP contribution >= 0.6 is 27.7 Å². The fourth-order valence-corrected chi connectivity index (χ4v) is 5.23. The van der Waals surface area contributed by atoms with Crippen LogP contribution in [-0.2, 0) is 0 Å². The van der Waals surface area contributed by atoms with E-state index < -0.39 is 5.25 Å². The summed E-state index contributed by atoms with van der Waals surface area (Å²) in [6, 6.07) is 11.6. The molecule has 0 aliphatic heterocycles. The van der Waals surface area contributed by atoms with Gasteiger partial charge < -0.3 is 9.47 Å². The second kappa shape index (κ2) is 10.8. The number of aromatic nitrogens is 3. The lowest BCUT2D eigenvalue weighted by atomic mass is 10.1. The average molecular weight is 521 g/mol. The van der Waals surface area contributed by atoms with E-state index in [9.17, 15) is 10.1 Å². The first kappa shape index (κ1) is 24.1. The number of nitrogens with zero attached hydrogens (tertiary/aromatic N) is 4. The zero-order valence-corrected chi connectivity index (χ0v) is 20.8. The van der Waals surface area contributed by atoms with Gasteiger partial charge in [-0.05, 0) is 63.1 Å². The van der Waals surface area contributed by atoms with Gasteiger partial charge in [0.1, 0.15) is 11.1 Å². The maximum Gasteiger partial charge on any atom is 0.220 e. The first-order valence-electron chi connectivity index (χ1n) is 10.2. The quantitative estimate of drug-likeness (QED) is 0.196. The van der Waals surface area contributed by atoms with Crippen molar-refractivity contribution in [2.24, 2.45) is 0 Å². The minimum absolute atomic E-state index is 0.289. The molecule has 3 rings (SSSR count). The monoisotopic (exact) mass is 520 g/mol. The molecule has 0 spiro atoms. The summed E-state index contributed by atoms with van der Waals surface area (Å²) in [6.07, 6.45) is 0. The number of hydrogen-bond donors (Lipinski definition) is 0. The molecule has 1 heterocycles. The Morgan fingerprint density at radius 3 is 2.44 bits per heavy atom. The summed E-state index contributed by atoms with van der Waals surface area (Å²) in [4.78, 5) is 11.2. The minimum Gasteiger partial charge on any atom is -0.490 e. The van der Waals surface area contributed by atoms with E-state index in [1.165, 1.54) is 11.8 Å². The van der Waals surface area contributed by atoms with Crippen molar-refractivity contribution in [2.45, 2.75) is 38.1 Å². The van der Waals surface area contributed by atoms with Gasteiger partial charge in [-0.1, -0.05) is 39.8 Å². The van der Waals surface area contributed by atoms with Crippen LogP contribution in [0.25, 0.3) is 5.69 Å². The zero-order valence-electron chi connectivity index (χ0n) is 18.4. The molecule has 0 amide bonds. The fourth-order valence-electron chi connectivity index (χ4n) is 3.28. The molecule has 1 aromatic heterocycles. The topological polar surface area (TPSA) is 92.3 Å². The van der Waals surface area contributed by atoms with Crippen molar-refractivity contribution < 1.29 is 14.4 Å². The van der Waals surface area contributed by atoms with E-state index in [1.807, 2.05) is 56.5 Å². The minimum atomic E-state index is -0.526. The first-order valence-corrected chi connectivity index (χ1v) is 11.9. The van der Waals surface area contributed by atoms with Gasteiger partial charge in [0.15, 0.2) is 16.7 Å². The molecule has 0 aliphatic carbocycles. The van der Waals surface area contributed by atoms with Crippen molar-refractivity contribution >= 4 is 27.7 Å². The van der Waals surface area contributed by atoms with Crippen LogP contribution in [0.4, 0.5) is 0 Å². The SMILES string of the molecule is CCOc1cc(Br)c([C@H](C[N+](=O)[O-])Sc2nnc(C)n2-c2cccc(C)c2)cc1OCC. The highest BCUT2D eigenvalue weighted by Gasteiger charge is 2.27. The lowest BCUT2D eigenvalue weighted by Gasteiger charge is -2.19. The Kier molecular flexibility index (Phi) is 8.14. The number of benzene rings is 2. The number of halogens is 1. The zero-order chi connectivity index (χ0) is 23.3. The highest BCUT2D eigenvalue weighted by molar-refractivity contribution is 9.10. The molecule has 0 unspecified atom stereocenters. The van der Waals surface area contributed by atoms with Gasteiger partial charge >= 0.3 is 0 Å². The lowest BCUT2D eigenvalue weighted by Crippen LogP contribution is -2.12. The highest BCUT2D eigenvalue weighted by Crippen LogP contribution is 2.43. The molecule has 0 saturated heterocycles. The van der Waals surface area contributed by atoms with Crippen LogP contribution in [0.3, 0.4) is 0 Å². The average Bonchev–Trinajstić information content (AvgIpc) is 3.09. The summed E-state index contributed by atoms with van der Waals surface area (Å²) in [6.45, 7) is 8.30. The predicted octanol–water partition coefficient (Wildman–Crippen LogP) is 5.55. The van der Waals surface area contributed by atoms with Crippen molar-refractivity contribution in [1.82, 2.24) is 14.8 Å². The fraction of sp³-hybridized carbons (Fsp3) is 0.364. The van der Waals surface area contributed by atoms with Gasteiger partial charge in [-0.2, -0.15) is 0 Å². The van der Waals surface area contributed by atoms with Crippen LogP contribution in [0.2, 0.25) is 0 Å². The summed E-state index contributed by atoms with van der Waals surface area (Å²) in [5.41, 5.74) is 2.75. The molecule has 32 heavy (non-hydrogen) atoms. The van der Waals surface area contributed by atoms with Crippen LogP contribution in [0, 0.1) is 24.0 Å². The van der Waals surface area contributed by atoms with Crippen molar-refractivity contribution in [1.29, 1.82) is 0 Å². The first-order chi connectivity index (χ1) is 15.3. The third-order valence-electron chi connectivity index (χ3n) is 4.63. The van der Waals surface area contributed by atoms with E-state index in [2.05, 4.69) is 26.1 Å². The lowest BCUT2D eigenvalue weighted by molar-refractivity contribution is -0.479. The van der Waals surface area contributed by atoms with E-state index in [0.29, 0.717) is 40.2 Å². The van der Waals surface area contributed by atoms with Crippen molar-refractivity contribution in [2.75, 3.05) is 19.8 Å². The number of thioether (sulfide) groups is 1. The number of aryl methyl sites for hydroxylation is 2. The Labute approximate surface area is 199 Å². The molecule has 170 valence electrons. The number of hydrogen-bond acceptors (Lipinski definition) is 7. The molecule has 0 fully saturated rings. The third-order valence-corrected chi connectivity index (χ3v) is 6.48. The van der Waals surface area contributed by atoms with Gasteiger partial charge in [-0.15, -0.1) is 10.2 Å². The standard InChI is InChI=1S/C22H25BrN4O4S/c1-5-30-19-11-17(18(23)12-20(19)31-6-2)21(13-26(28)29)32-22-25-24-15(4)27(22)16-9-7-8-14(3)10-16/h7-12,21H,5-6,13H2,1-4H3/t21-/m0/s1. The van der Waals surface area contributed by atoms with Crippen LogP contribution in [0.1, 0.15) is 36.0 Å². The van der Waals surface area contributed by atoms with Crippen LogP contribution in [-0.4, -0.2) is 39.4 Å². The van der Waals surface area contributed by atoms with E-state index in [-0.39, 0.29) is 11.5 Å². The summed E-state index contributed by atoms with van der Waals surface area (Å²) in [5, 5.41) is 20.1. The summed E-state index contributed by atoms with van der Waals surface area (Å²) in [7, 11) is 0. The van der Waals surface area contributed by atoms with E-state index >= 15 is 0 Å². The normalized spacial score (nSPS) is 11.9. The van der Waals surface area contributed by atoms with Gasteiger partial charge in [0.25, 0.3) is 0 Å². The Morgan fingerprint density at radius 2 is 1.81 bits per heavy atom. The van der Waals surface area contributed by atoms with Gasteiger partial charge in [-0.3, -0.25) is 14.7 Å². The van der Waals surface area contributed by atoms with Gasteiger partial charge in [0.2, 0.25) is 6.54 Å². The van der Waals surface area contributed by atoms with Crippen LogP contribution in [0.15, 0.2) is 46.0 Å². The van der Waals surface area contributed by atoms with Crippen LogP contribution in [0.5, 0.6) is 11.5 Å². The smallest absolute Gasteiger partial charge is 0.220 e. The van der Waals surface area contributed by atoms with E-state index in [1.54, 1.807) is 12.1 Å². The highest BCUT2D eigenvalue weighted by atomic mass is 79.9. The van der Waals surface area contributed by atoms with Crippen LogP contribution < -0.4 is 9.47 Å². The summed E-state index contributed by atoms with van der Waals surface area (Å²) in [5.74, 6) is 1.85. The Morgan fingerprint density at radius 1 is 1.12 bits per heavy atom. The Balaban J connectivity index is 2.05. The number of ether oxygens (including phenoxy) is 2. The molecule has 10 heteroatoms. The Bertz CT molecular complexity index is 1110. The molecule has 0 saturated carbocycles. The molecular formula is C22H25BrN4O4S. The van der Waals surface area contributed by atoms with Crippen molar-refractivity contribution in [3.05, 3.63) is 67.9 Å².